The van der Waals surface area contributed by atoms with Crippen molar-refractivity contribution >= 4 is 17.6 Å². The zero-order valence-electron chi connectivity index (χ0n) is 11.4. The topological polar surface area (TPSA) is 78.4 Å². The Kier molecular flexibility index (Phi) is 4.53. The highest BCUT2D eigenvalue weighted by molar-refractivity contribution is 6.04. The molecule has 1 heterocycles. The molecule has 0 aromatic heterocycles. The SMILES string of the molecule is CC(C(=O)Nc1cccc(CCC(=O)O)c1)=C1CNC1. The highest BCUT2D eigenvalue weighted by Crippen LogP contribution is 2.15. The van der Waals surface area contributed by atoms with Gasteiger partial charge in [-0.05, 0) is 36.6 Å². The fourth-order valence-corrected chi connectivity index (χ4v) is 1.96. The molecule has 0 aliphatic carbocycles. The van der Waals surface area contributed by atoms with Gasteiger partial charge in [0, 0.05) is 30.8 Å². The van der Waals surface area contributed by atoms with Crippen LogP contribution in [0.15, 0.2) is 35.4 Å². The average Bonchev–Trinajstić information content (AvgIpc) is 2.34. The fraction of sp³-hybridized carbons (Fsp3) is 0.333. The average molecular weight is 274 g/mol. The van der Waals surface area contributed by atoms with Crippen LogP contribution in [0.4, 0.5) is 5.69 Å². The maximum absolute atomic E-state index is 12.0. The van der Waals surface area contributed by atoms with Crippen molar-refractivity contribution in [1.82, 2.24) is 5.32 Å². The third-order valence-electron chi connectivity index (χ3n) is 3.36. The first kappa shape index (κ1) is 14.3. The second-order valence-electron chi connectivity index (χ2n) is 4.88. The van der Waals surface area contributed by atoms with Crippen molar-refractivity contribution in [1.29, 1.82) is 0 Å². The van der Waals surface area contributed by atoms with Crippen LogP contribution in [0.1, 0.15) is 18.9 Å². The second-order valence-corrected chi connectivity index (χ2v) is 4.88. The molecule has 20 heavy (non-hydrogen) atoms. The van der Waals surface area contributed by atoms with Gasteiger partial charge in [0.1, 0.15) is 0 Å². The molecule has 1 aliphatic heterocycles. The number of benzene rings is 1. The Morgan fingerprint density at radius 1 is 1.35 bits per heavy atom. The van der Waals surface area contributed by atoms with Gasteiger partial charge in [0.05, 0.1) is 0 Å². The molecule has 1 fully saturated rings. The quantitative estimate of drug-likeness (QED) is 0.712. The molecule has 1 aromatic carbocycles. The Labute approximate surface area is 117 Å². The molecule has 0 unspecified atom stereocenters. The molecule has 0 spiro atoms. The first-order valence-corrected chi connectivity index (χ1v) is 6.57. The zero-order valence-corrected chi connectivity index (χ0v) is 11.4. The maximum atomic E-state index is 12.0. The van der Waals surface area contributed by atoms with Gasteiger partial charge in [-0.15, -0.1) is 0 Å². The van der Waals surface area contributed by atoms with Crippen molar-refractivity contribution in [2.75, 3.05) is 18.4 Å². The standard InChI is InChI=1S/C15H18N2O3/c1-10(12-8-16-9-12)15(20)17-13-4-2-3-11(7-13)5-6-14(18)19/h2-4,7,16H,5-6,8-9H2,1H3,(H,17,20)(H,18,19). The van der Waals surface area contributed by atoms with Gasteiger partial charge in [0.25, 0.3) is 5.91 Å². The van der Waals surface area contributed by atoms with E-state index in [0.29, 0.717) is 12.1 Å². The Balaban J connectivity index is 2.00. The number of hydrogen-bond donors (Lipinski definition) is 3. The van der Waals surface area contributed by atoms with Gasteiger partial charge < -0.3 is 15.7 Å². The molecule has 5 heteroatoms. The lowest BCUT2D eigenvalue weighted by atomic mass is 10.0. The molecule has 0 atom stereocenters. The van der Waals surface area contributed by atoms with E-state index in [1.807, 2.05) is 25.1 Å². The number of rotatable bonds is 5. The van der Waals surface area contributed by atoms with E-state index in [2.05, 4.69) is 10.6 Å². The van der Waals surface area contributed by atoms with Crippen LogP contribution in [0, 0.1) is 0 Å². The minimum atomic E-state index is -0.822. The Hall–Kier alpha value is -2.14. The number of aliphatic carboxylic acids is 1. The van der Waals surface area contributed by atoms with Gasteiger partial charge >= 0.3 is 5.97 Å². The Morgan fingerprint density at radius 3 is 2.70 bits per heavy atom. The molecule has 0 saturated carbocycles. The number of aryl methyl sites for hydroxylation is 1. The van der Waals surface area contributed by atoms with Crippen molar-refractivity contribution < 1.29 is 14.7 Å². The van der Waals surface area contributed by atoms with Gasteiger partial charge in [-0.3, -0.25) is 9.59 Å². The number of nitrogens with one attached hydrogen (secondary N) is 2. The summed E-state index contributed by atoms with van der Waals surface area (Å²) in [5.41, 5.74) is 3.48. The summed E-state index contributed by atoms with van der Waals surface area (Å²) in [5.74, 6) is -0.922. The van der Waals surface area contributed by atoms with E-state index in [1.165, 1.54) is 0 Å². The predicted octanol–water partition coefficient (Wildman–Crippen LogP) is 1.56. The van der Waals surface area contributed by atoms with E-state index >= 15 is 0 Å². The lowest BCUT2D eigenvalue weighted by molar-refractivity contribution is -0.137. The molecule has 1 saturated heterocycles. The fourth-order valence-electron chi connectivity index (χ4n) is 1.96. The highest BCUT2D eigenvalue weighted by Gasteiger charge is 2.16. The van der Waals surface area contributed by atoms with Crippen LogP contribution in [-0.2, 0) is 16.0 Å². The molecule has 3 N–H and O–H groups in total. The summed E-state index contributed by atoms with van der Waals surface area (Å²) < 4.78 is 0. The maximum Gasteiger partial charge on any atom is 0.303 e. The minimum absolute atomic E-state index is 0.0894. The van der Waals surface area contributed by atoms with Crippen LogP contribution in [-0.4, -0.2) is 30.1 Å². The van der Waals surface area contributed by atoms with Crippen LogP contribution in [0.3, 0.4) is 0 Å². The van der Waals surface area contributed by atoms with E-state index in [1.54, 1.807) is 6.07 Å². The Bertz CT molecular complexity index is 558. The molecule has 5 nitrogen and oxygen atoms in total. The number of amides is 1. The molecule has 0 bridgehead atoms. The summed E-state index contributed by atoms with van der Waals surface area (Å²) in [6.45, 7) is 3.37. The monoisotopic (exact) mass is 274 g/mol. The number of carbonyl (C=O) groups excluding carboxylic acids is 1. The second kappa shape index (κ2) is 6.34. The van der Waals surface area contributed by atoms with E-state index in [4.69, 9.17) is 5.11 Å². The largest absolute Gasteiger partial charge is 0.481 e. The molecule has 0 radical (unpaired) electrons. The summed E-state index contributed by atoms with van der Waals surface area (Å²) >= 11 is 0. The van der Waals surface area contributed by atoms with Crippen LogP contribution in [0.2, 0.25) is 0 Å². The van der Waals surface area contributed by atoms with Crippen LogP contribution >= 0.6 is 0 Å². The van der Waals surface area contributed by atoms with E-state index in [9.17, 15) is 9.59 Å². The lowest BCUT2D eigenvalue weighted by Gasteiger charge is -2.21. The number of hydrogen-bond acceptors (Lipinski definition) is 3. The molecule has 106 valence electrons. The summed E-state index contributed by atoms with van der Waals surface area (Å²) in [6.07, 6.45) is 0.551. The molecule has 1 aliphatic rings. The number of carboxylic acid groups (broad SMARTS) is 1. The molecule has 2 rings (SSSR count). The molecular formula is C15H18N2O3. The summed E-state index contributed by atoms with van der Waals surface area (Å²) in [4.78, 5) is 22.6. The third kappa shape index (κ3) is 3.68. The van der Waals surface area contributed by atoms with Crippen molar-refractivity contribution in [3.05, 3.63) is 41.0 Å². The minimum Gasteiger partial charge on any atom is -0.481 e. The molecule has 1 aromatic rings. The smallest absolute Gasteiger partial charge is 0.303 e. The highest BCUT2D eigenvalue weighted by atomic mass is 16.4. The van der Waals surface area contributed by atoms with Crippen molar-refractivity contribution in [3.63, 3.8) is 0 Å². The summed E-state index contributed by atoms with van der Waals surface area (Å²) in [7, 11) is 0. The number of carboxylic acids is 1. The van der Waals surface area contributed by atoms with Gasteiger partial charge in [0.15, 0.2) is 0 Å². The number of anilines is 1. The Morgan fingerprint density at radius 2 is 2.10 bits per heavy atom. The van der Waals surface area contributed by atoms with Gasteiger partial charge in [0.2, 0.25) is 0 Å². The molecular weight excluding hydrogens is 256 g/mol. The molecule has 1 amide bonds. The van der Waals surface area contributed by atoms with Crippen molar-refractivity contribution in [2.45, 2.75) is 19.8 Å². The number of carbonyl (C=O) groups is 2. The zero-order chi connectivity index (χ0) is 14.5. The third-order valence-corrected chi connectivity index (χ3v) is 3.36. The van der Waals surface area contributed by atoms with Crippen LogP contribution in [0.25, 0.3) is 0 Å². The summed E-state index contributed by atoms with van der Waals surface area (Å²) in [5, 5.41) is 14.6. The summed E-state index contributed by atoms with van der Waals surface area (Å²) in [6, 6.07) is 7.30. The van der Waals surface area contributed by atoms with E-state index < -0.39 is 5.97 Å². The first-order valence-electron chi connectivity index (χ1n) is 6.57. The lowest BCUT2D eigenvalue weighted by Crippen LogP contribution is -2.36. The van der Waals surface area contributed by atoms with Crippen LogP contribution in [0.5, 0.6) is 0 Å². The van der Waals surface area contributed by atoms with E-state index in [0.717, 1.165) is 29.8 Å². The predicted molar refractivity (Wildman–Crippen MR) is 76.6 cm³/mol. The normalized spacial score (nSPS) is 13.6. The van der Waals surface area contributed by atoms with Crippen molar-refractivity contribution in [3.8, 4) is 0 Å². The van der Waals surface area contributed by atoms with Crippen molar-refractivity contribution in [2.24, 2.45) is 0 Å². The van der Waals surface area contributed by atoms with Gasteiger partial charge in [-0.1, -0.05) is 12.1 Å². The van der Waals surface area contributed by atoms with Crippen LogP contribution < -0.4 is 10.6 Å². The van der Waals surface area contributed by atoms with Gasteiger partial charge in [-0.2, -0.15) is 0 Å². The first-order chi connectivity index (χ1) is 9.56. The van der Waals surface area contributed by atoms with E-state index in [-0.39, 0.29) is 12.3 Å². The van der Waals surface area contributed by atoms with Gasteiger partial charge in [-0.25, -0.2) is 0 Å².